The highest BCUT2D eigenvalue weighted by Crippen LogP contribution is 2.18. The number of para-hydroxylation sites is 1. The van der Waals surface area contributed by atoms with Crippen molar-refractivity contribution in [1.29, 1.82) is 0 Å². The van der Waals surface area contributed by atoms with Crippen LogP contribution < -0.4 is 5.32 Å². The summed E-state index contributed by atoms with van der Waals surface area (Å²) in [7, 11) is 0. The third kappa shape index (κ3) is 3.63. The van der Waals surface area contributed by atoms with Gasteiger partial charge in [0.15, 0.2) is 0 Å². The molecule has 0 spiro atoms. The SMILES string of the molecule is CCCc1ccccc1NCc1cccn1CCC. The first kappa shape index (κ1) is 13.7. The van der Waals surface area contributed by atoms with Crippen molar-refractivity contribution in [3.63, 3.8) is 0 Å². The number of benzene rings is 1. The summed E-state index contributed by atoms with van der Waals surface area (Å²) in [5, 5.41) is 3.58. The second kappa shape index (κ2) is 7.03. The molecule has 2 aromatic rings. The van der Waals surface area contributed by atoms with Gasteiger partial charge in [-0.2, -0.15) is 0 Å². The second-order valence-electron chi connectivity index (χ2n) is 4.95. The van der Waals surface area contributed by atoms with E-state index in [0.717, 1.165) is 19.5 Å². The van der Waals surface area contributed by atoms with Crippen LogP contribution in [0.1, 0.15) is 37.9 Å². The van der Waals surface area contributed by atoms with Crippen LogP contribution in [0.25, 0.3) is 0 Å². The zero-order valence-electron chi connectivity index (χ0n) is 12.0. The van der Waals surface area contributed by atoms with E-state index in [2.05, 4.69) is 66.3 Å². The van der Waals surface area contributed by atoms with E-state index in [0.29, 0.717) is 0 Å². The van der Waals surface area contributed by atoms with E-state index in [4.69, 9.17) is 0 Å². The van der Waals surface area contributed by atoms with Crippen LogP contribution in [0.5, 0.6) is 0 Å². The molecule has 0 aliphatic carbocycles. The fraction of sp³-hybridized carbons (Fsp3) is 0.412. The highest BCUT2D eigenvalue weighted by atomic mass is 15.0. The van der Waals surface area contributed by atoms with Gasteiger partial charge in [-0.05, 0) is 36.6 Å². The molecule has 0 amide bonds. The first-order chi connectivity index (χ1) is 9.35. The fourth-order valence-corrected chi connectivity index (χ4v) is 2.43. The molecule has 1 aromatic heterocycles. The second-order valence-corrected chi connectivity index (χ2v) is 4.95. The molecular weight excluding hydrogens is 232 g/mol. The van der Waals surface area contributed by atoms with Crippen LogP contribution in [-0.2, 0) is 19.5 Å². The zero-order valence-corrected chi connectivity index (χ0v) is 12.0. The van der Waals surface area contributed by atoms with Gasteiger partial charge >= 0.3 is 0 Å². The Kier molecular flexibility index (Phi) is 5.08. The van der Waals surface area contributed by atoms with Crippen LogP contribution >= 0.6 is 0 Å². The lowest BCUT2D eigenvalue weighted by Gasteiger charge is -2.13. The third-order valence-electron chi connectivity index (χ3n) is 3.38. The summed E-state index contributed by atoms with van der Waals surface area (Å²) in [6.07, 6.45) is 5.66. The molecule has 1 aromatic carbocycles. The van der Waals surface area contributed by atoms with Crippen LogP contribution in [-0.4, -0.2) is 4.57 Å². The molecule has 0 radical (unpaired) electrons. The number of aryl methyl sites for hydroxylation is 2. The maximum Gasteiger partial charge on any atom is 0.0553 e. The smallest absolute Gasteiger partial charge is 0.0553 e. The van der Waals surface area contributed by atoms with Crippen molar-refractivity contribution >= 4 is 5.69 Å². The maximum absolute atomic E-state index is 3.58. The number of rotatable bonds is 7. The number of anilines is 1. The topological polar surface area (TPSA) is 17.0 Å². The predicted molar refractivity (Wildman–Crippen MR) is 82.5 cm³/mol. The van der Waals surface area contributed by atoms with Gasteiger partial charge in [0.05, 0.1) is 6.54 Å². The molecule has 0 saturated heterocycles. The Hall–Kier alpha value is -1.70. The predicted octanol–water partition coefficient (Wildman–Crippen LogP) is 4.46. The van der Waals surface area contributed by atoms with Crippen molar-refractivity contribution in [1.82, 2.24) is 4.57 Å². The van der Waals surface area contributed by atoms with Crippen molar-refractivity contribution in [2.24, 2.45) is 0 Å². The van der Waals surface area contributed by atoms with E-state index in [1.165, 1.54) is 29.8 Å². The summed E-state index contributed by atoms with van der Waals surface area (Å²) in [5.74, 6) is 0. The molecule has 2 nitrogen and oxygen atoms in total. The van der Waals surface area contributed by atoms with Crippen molar-refractivity contribution in [3.8, 4) is 0 Å². The van der Waals surface area contributed by atoms with Gasteiger partial charge in [-0.3, -0.25) is 0 Å². The Labute approximate surface area is 116 Å². The van der Waals surface area contributed by atoms with Gasteiger partial charge < -0.3 is 9.88 Å². The van der Waals surface area contributed by atoms with E-state index in [-0.39, 0.29) is 0 Å². The van der Waals surface area contributed by atoms with Gasteiger partial charge in [0, 0.05) is 24.1 Å². The van der Waals surface area contributed by atoms with Crippen molar-refractivity contribution in [3.05, 3.63) is 53.9 Å². The molecule has 0 aliphatic heterocycles. The molecule has 0 aliphatic rings. The molecular formula is C17H24N2. The molecule has 102 valence electrons. The van der Waals surface area contributed by atoms with Crippen molar-refractivity contribution in [2.45, 2.75) is 46.2 Å². The van der Waals surface area contributed by atoms with Crippen LogP contribution in [0.4, 0.5) is 5.69 Å². The molecule has 0 fully saturated rings. The number of aromatic nitrogens is 1. The van der Waals surface area contributed by atoms with Crippen LogP contribution in [0.2, 0.25) is 0 Å². The van der Waals surface area contributed by atoms with E-state index < -0.39 is 0 Å². The highest BCUT2D eigenvalue weighted by Gasteiger charge is 2.03. The molecule has 0 bridgehead atoms. The minimum Gasteiger partial charge on any atom is -0.379 e. The summed E-state index contributed by atoms with van der Waals surface area (Å²) in [6.45, 7) is 6.44. The Balaban J connectivity index is 2.03. The number of nitrogens with one attached hydrogen (secondary N) is 1. The largest absolute Gasteiger partial charge is 0.379 e. The van der Waals surface area contributed by atoms with Gasteiger partial charge in [-0.1, -0.05) is 38.5 Å². The lowest BCUT2D eigenvalue weighted by Crippen LogP contribution is -2.08. The third-order valence-corrected chi connectivity index (χ3v) is 3.38. The maximum atomic E-state index is 3.58. The van der Waals surface area contributed by atoms with Crippen LogP contribution in [0.3, 0.4) is 0 Å². The monoisotopic (exact) mass is 256 g/mol. The standard InChI is InChI=1S/C17H24N2/c1-3-8-15-9-5-6-11-17(15)18-14-16-10-7-13-19(16)12-4-2/h5-7,9-11,13,18H,3-4,8,12,14H2,1-2H3. The summed E-state index contributed by atoms with van der Waals surface area (Å²) in [5.41, 5.74) is 4.04. The van der Waals surface area contributed by atoms with Gasteiger partial charge in [0.1, 0.15) is 0 Å². The highest BCUT2D eigenvalue weighted by molar-refractivity contribution is 5.51. The minimum atomic E-state index is 0.897. The van der Waals surface area contributed by atoms with E-state index in [1.807, 2.05) is 0 Å². The zero-order chi connectivity index (χ0) is 13.5. The van der Waals surface area contributed by atoms with Crippen LogP contribution in [0.15, 0.2) is 42.6 Å². The first-order valence-electron chi connectivity index (χ1n) is 7.31. The minimum absolute atomic E-state index is 0.897. The Morgan fingerprint density at radius 1 is 1.00 bits per heavy atom. The summed E-state index contributed by atoms with van der Waals surface area (Å²) in [4.78, 5) is 0. The normalized spacial score (nSPS) is 10.6. The van der Waals surface area contributed by atoms with Crippen molar-refractivity contribution < 1.29 is 0 Å². The van der Waals surface area contributed by atoms with Gasteiger partial charge in [0.2, 0.25) is 0 Å². The molecule has 0 saturated carbocycles. The molecule has 2 rings (SSSR count). The summed E-state index contributed by atoms with van der Waals surface area (Å²) < 4.78 is 2.33. The number of hydrogen-bond donors (Lipinski definition) is 1. The van der Waals surface area contributed by atoms with Crippen molar-refractivity contribution in [2.75, 3.05) is 5.32 Å². The molecule has 1 N–H and O–H groups in total. The number of nitrogens with zero attached hydrogens (tertiary/aromatic N) is 1. The van der Waals surface area contributed by atoms with E-state index >= 15 is 0 Å². The first-order valence-corrected chi connectivity index (χ1v) is 7.31. The Morgan fingerprint density at radius 3 is 2.63 bits per heavy atom. The summed E-state index contributed by atoms with van der Waals surface area (Å²) in [6, 6.07) is 13.0. The van der Waals surface area contributed by atoms with Gasteiger partial charge in [-0.25, -0.2) is 0 Å². The molecule has 1 heterocycles. The average Bonchev–Trinajstić information content (AvgIpc) is 2.86. The molecule has 19 heavy (non-hydrogen) atoms. The van der Waals surface area contributed by atoms with E-state index in [9.17, 15) is 0 Å². The quantitative estimate of drug-likeness (QED) is 0.773. The average molecular weight is 256 g/mol. The number of hydrogen-bond acceptors (Lipinski definition) is 1. The summed E-state index contributed by atoms with van der Waals surface area (Å²) >= 11 is 0. The lowest BCUT2D eigenvalue weighted by molar-refractivity contribution is 0.654. The lowest BCUT2D eigenvalue weighted by atomic mass is 10.1. The molecule has 0 atom stereocenters. The van der Waals surface area contributed by atoms with Gasteiger partial charge in [0.25, 0.3) is 0 Å². The van der Waals surface area contributed by atoms with Gasteiger partial charge in [-0.15, -0.1) is 0 Å². The van der Waals surface area contributed by atoms with Crippen LogP contribution in [0, 0.1) is 0 Å². The Bertz CT molecular complexity index is 499. The fourth-order valence-electron chi connectivity index (χ4n) is 2.43. The Morgan fingerprint density at radius 2 is 1.84 bits per heavy atom. The molecule has 2 heteroatoms. The van der Waals surface area contributed by atoms with E-state index in [1.54, 1.807) is 0 Å². The molecule has 0 unspecified atom stereocenters.